The molecule has 1 N–H and O–H groups in total. The lowest BCUT2D eigenvalue weighted by molar-refractivity contribution is 0.0876. The average Bonchev–Trinajstić information content (AvgIpc) is 2.84. The summed E-state index contributed by atoms with van der Waals surface area (Å²) in [7, 11) is 3.54. The van der Waals surface area contributed by atoms with Gasteiger partial charge in [-0.05, 0) is 33.9 Å². The van der Waals surface area contributed by atoms with Crippen molar-refractivity contribution in [3.63, 3.8) is 0 Å². The van der Waals surface area contributed by atoms with Crippen molar-refractivity contribution in [2.75, 3.05) is 27.2 Å². The highest BCUT2D eigenvalue weighted by Gasteiger charge is 2.28. The first kappa shape index (κ1) is 16.5. The van der Waals surface area contributed by atoms with Crippen LogP contribution in [0.3, 0.4) is 0 Å². The first-order chi connectivity index (χ1) is 9.39. The van der Waals surface area contributed by atoms with Crippen LogP contribution in [0.25, 0.3) is 0 Å². The fourth-order valence-corrected chi connectivity index (χ4v) is 1.99. The molecule has 1 heterocycles. The van der Waals surface area contributed by atoms with E-state index < -0.39 is 0 Å². The Hall–Kier alpha value is -1.56. The summed E-state index contributed by atoms with van der Waals surface area (Å²) in [4.78, 5) is 14.4. The van der Waals surface area contributed by atoms with E-state index in [9.17, 15) is 4.79 Å². The molecule has 1 aromatic heterocycles. The van der Waals surface area contributed by atoms with Crippen LogP contribution in [0, 0.1) is 6.92 Å². The monoisotopic (exact) mass is 283 g/mol. The van der Waals surface area contributed by atoms with E-state index in [-0.39, 0.29) is 23.1 Å². The van der Waals surface area contributed by atoms with Crippen LogP contribution in [-0.4, -0.2) is 48.7 Å². The average molecular weight is 283 g/mol. The molecule has 0 spiro atoms. The second kappa shape index (κ2) is 6.74. The minimum absolute atomic E-state index is 0.0772. The van der Waals surface area contributed by atoms with Crippen molar-refractivity contribution in [2.45, 2.75) is 39.7 Å². The smallest absolute Gasteiger partial charge is 0.314 e. The highest BCUT2D eigenvalue weighted by Crippen LogP contribution is 2.21. The number of carbonyl (C=O) groups excluding carboxylic acids is 1. The van der Waals surface area contributed by atoms with Gasteiger partial charge in [0, 0.05) is 12.1 Å². The maximum Gasteiger partial charge on any atom is 0.314 e. The van der Waals surface area contributed by atoms with Crippen molar-refractivity contribution in [1.29, 1.82) is 0 Å². The van der Waals surface area contributed by atoms with Gasteiger partial charge in [0.05, 0.1) is 12.7 Å². The molecule has 0 aliphatic carbocycles. The molecule has 1 unspecified atom stereocenters. The number of nitrogens with zero attached hydrogens (tertiary/aromatic N) is 2. The molecule has 0 bridgehead atoms. The van der Waals surface area contributed by atoms with Crippen molar-refractivity contribution < 1.29 is 14.1 Å². The van der Waals surface area contributed by atoms with E-state index in [0.29, 0.717) is 12.1 Å². The summed E-state index contributed by atoms with van der Waals surface area (Å²) >= 11 is 0. The normalized spacial score (nSPS) is 14.2. The molecule has 1 atom stereocenters. The fourth-order valence-electron chi connectivity index (χ4n) is 1.99. The molecule has 0 aromatic carbocycles. The maximum absolute atomic E-state index is 12.2. The second-order valence-corrected chi connectivity index (χ2v) is 5.20. The number of methoxy groups -OCH3 is 1. The van der Waals surface area contributed by atoms with Gasteiger partial charge in [0.25, 0.3) is 5.91 Å². The Balaban J connectivity index is 2.73. The Bertz CT molecular complexity index is 459. The zero-order valence-corrected chi connectivity index (χ0v) is 13.2. The third kappa shape index (κ3) is 3.30. The van der Waals surface area contributed by atoms with Gasteiger partial charge in [-0.15, -0.1) is 0 Å². The SMILES string of the molecule is CCN(C)C(C)(CC)CNC(=O)c1noc(OC)c1C. The summed E-state index contributed by atoms with van der Waals surface area (Å²) in [6, 6.07) is 0. The van der Waals surface area contributed by atoms with Gasteiger partial charge < -0.3 is 14.6 Å². The van der Waals surface area contributed by atoms with Crippen LogP contribution in [0.1, 0.15) is 43.2 Å². The van der Waals surface area contributed by atoms with Crippen LogP contribution < -0.4 is 10.1 Å². The lowest BCUT2D eigenvalue weighted by atomic mass is 9.96. The van der Waals surface area contributed by atoms with Gasteiger partial charge in [0.1, 0.15) is 0 Å². The van der Waals surface area contributed by atoms with Crippen LogP contribution in [0.4, 0.5) is 0 Å². The predicted octanol–water partition coefficient (Wildman–Crippen LogP) is 1.84. The Morgan fingerprint density at radius 3 is 2.60 bits per heavy atom. The quantitative estimate of drug-likeness (QED) is 0.827. The number of carbonyl (C=O) groups is 1. The van der Waals surface area contributed by atoms with Crippen molar-refractivity contribution in [3.05, 3.63) is 11.3 Å². The van der Waals surface area contributed by atoms with Gasteiger partial charge >= 0.3 is 5.95 Å². The molecule has 0 aliphatic heterocycles. The van der Waals surface area contributed by atoms with E-state index in [1.54, 1.807) is 6.92 Å². The van der Waals surface area contributed by atoms with E-state index in [1.807, 2.05) is 0 Å². The number of aromatic nitrogens is 1. The summed E-state index contributed by atoms with van der Waals surface area (Å²) in [6.45, 7) is 9.58. The number of rotatable bonds is 7. The molecule has 0 saturated carbocycles. The molecule has 114 valence electrons. The number of likely N-dealkylation sites (N-methyl/N-ethyl adjacent to an activating group) is 1. The van der Waals surface area contributed by atoms with Gasteiger partial charge in [-0.1, -0.05) is 19.0 Å². The van der Waals surface area contributed by atoms with Crippen LogP contribution >= 0.6 is 0 Å². The van der Waals surface area contributed by atoms with Crippen molar-refractivity contribution >= 4 is 5.91 Å². The predicted molar refractivity (Wildman–Crippen MR) is 77.1 cm³/mol. The van der Waals surface area contributed by atoms with E-state index in [2.05, 4.69) is 43.2 Å². The first-order valence-corrected chi connectivity index (χ1v) is 6.89. The third-order valence-electron chi connectivity index (χ3n) is 4.07. The molecule has 0 fully saturated rings. The number of nitrogens with one attached hydrogen (secondary N) is 1. The zero-order chi connectivity index (χ0) is 15.3. The molecule has 1 amide bonds. The number of hydrogen-bond donors (Lipinski definition) is 1. The lowest BCUT2D eigenvalue weighted by Crippen LogP contribution is -2.51. The largest absolute Gasteiger partial charge is 0.467 e. The Morgan fingerprint density at radius 1 is 1.50 bits per heavy atom. The van der Waals surface area contributed by atoms with Crippen molar-refractivity contribution in [1.82, 2.24) is 15.4 Å². The Kier molecular flexibility index (Phi) is 5.56. The number of ether oxygens (including phenoxy) is 1. The van der Waals surface area contributed by atoms with Gasteiger partial charge in [-0.2, -0.15) is 0 Å². The molecule has 1 aromatic rings. The number of amides is 1. The van der Waals surface area contributed by atoms with Gasteiger partial charge in [-0.25, -0.2) is 0 Å². The summed E-state index contributed by atoms with van der Waals surface area (Å²) in [5, 5.41) is 6.68. The van der Waals surface area contributed by atoms with Gasteiger partial charge in [0.2, 0.25) is 0 Å². The molecular formula is C14H25N3O3. The van der Waals surface area contributed by atoms with Crippen LogP contribution in [0.2, 0.25) is 0 Å². The molecule has 0 aliphatic rings. The van der Waals surface area contributed by atoms with E-state index >= 15 is 0 Å². The summed E-state index contributed by atoms with van der Waals surface area (Å²) in [5.41, 5.74) is 0.818. The van der Waals surface area contributed by atoms with E-state index in [0.717, 1.165) is 13.0 Å². The second-order valence-electron chi connectivity index (χ2n) is 5.20. The summed E-state index contributed by atoms with van der Waals surface area (Å²) < 4.78 is 9.93. The Labute approximate surface area is 120 Å². The van der Waals surface area contributed by atoms with Crippen molar-refractivity contribution in [2.24, 2.45) is 0 Å². The highest BCUT2D eigenvalue weighted by molar-refractivity contribution is 5.93. The van der Waals surface area contributed by atoms with Crippen LogP contribution in [0.5, 0.6) is 5.95 Å². The molecule has 0 saturated heterocycles. The Morgan fingerprint density at radius 2 is 2.15 bits per heavy atom. The molecule has 6 heteroatoms. The van der Waals surface area contributed by atoms with Crippen LogP contribution in [-0.2, 0) is 0 Å². The molecule has 0 radical (unpaired) electrons. The van der Waals surface area contributed by atoms with E-state index in [4.69, 9.17) is 9.26 Å². The van der Waals surface area contributed by atoms with Gasteiger partial charge in [-0.3, -0.25) is 9.69 Å². The topological polar surface area (TPSA) is 67.6 Å². The molecular weight excluding hydrogens is 258 g/mol. The standard InChI is InChI=1S/C14H25N3O3/c1-7-14(4,17(5)8-2)9-15-12(18)11-10(3)13(19-6)20-16-11/h7-9H2,1-6H3,(H,15,18). The van der Waals surface area contributed by atoms with E-state index in [1.165, 1.54) is 7.11 Å². The van der Waals surface area contributed by atoms with Crippen LogP contribution in [0.15, 0.2) is 4.52 Å². The minimum atomic E-state index is -0.237. The maximum atomic E-state index is 12.2. The zero-order valence-electron chi connectivity index (χ0n) is 13.2. The highest BCUT2D eigenvalue weighted by atomic mass is 16.6. The molecule has 1 rings (SSSR count). The third-order valence-corrected chi connectivity index (χ3v) is 4.07. The molecule has 20 heavy (non-hydrogen) atoms. The first-order valence-electron chi connectivity index (χ1n) is 6.89. The van der Waals surface area contributed by atoms with Gasteiger partial charge in [0.15, 0.2) is 5.69 Å². The minimum Gasteiger partial charge on any atom is -0.467 e. The van der Waals surface area contributed by atoms with Crippen molar-refractivity contribution in [3.8, 4) is 5.95 Å². The lowest BCUT2D eigenvalue weighted by Gasteiger charge is -2.37. The summed E-state index contributed by atoms with van der Waals surface area (Å²) in [6.07, 6.45) is 0.943. The number of hydrogen-bond acceptors (Lipinski definition) is 5. The fraction of sp³-hybridized carbons (Fsp3) is 0.714. The summed E-state index contributed by atoms with van der Waals surface area (Å²) in [5.74, 6) is 0.0396. The molecule has 6 nitrogen and oxygen atoms in total.